The molecule has 2 heterocycles. The third kappa shape index (κ3) is 3.74. The van der Waals surface area contributed by atoms with Crippen LogP contribution in [0.3, 0.4) is 0 Å². The molecule has 7 nitrogen and oxygen atoms in total. The van der Waals surface area contributed by atoms with E-state index < -0.39 is 0 Å². The molecule has 0 unspecified atom stereocenters. The van der Waals surface area contributed by atoms with Crippen molar-refractivity contribution in [3.63, 3.8) is 0 Å². The van der Waals surface area contributed by atoms with Crippen LogP contribution in [0.15, 0.2) is 59.7 Å². The fourth-order valence-corrected chi connectivity index (χ4v) is 3.85. The Morgan fingerprint density at radius 1 is 1.21 bits per heavy atom. The van der Waals surface area contributed by atoms with Gasteiger partial charge in [0.2, 0.25) is 5.91 Å². The van der Waals surface area contributed by atoms with E-state index in [9.17, 15) is 9.59 Å². The molecule has 1 amide bonds. The Morgan fingerprint density at radius 2 is 2.03 bits per heavy atom. The summed E-state index contributed by atoms with van der Waals surface area (Å²) in [6, 6.07) is 15.0. The van der Waals surface area contributed by atoms with Crippen molar-refractivity contribution in [3.8, 4) is 17.0 Å². The van der Waals surface area contributed by atoms with E-state index in [1.165, 1.54) is 18.0 Å². The monoisotopic (exact) mass is 406 g/mol. The van der Waals surface area contributed by atoms with Crippen molar-refractivity contribution in [1.29, 1.82) is 0 Å². The minimum Gasteiger partial charge on any atom is -0.495 e. The number of nitrogens with zero attached hydrogens (tertiary/aromatic N) is 3. The van der Waals surface area contributed by atoms with Crippen LogP contribution in [0.25, 0.3) is 21.5 Å². The molecule has 0 aliphatic carbocycles. The van der Waals surface area contributed by atoms with E-state index in [1.807, 2.05) is 37.3 Å². The van der Waals surface area contributed by atoms with E-state index in [0.29, 0.717) is 27.3 Å². The molecule has 0 saturated heterocycles. The first-order valence-corrected chi connectivity index (χ1v) is 9.69. The van der Waals surface area contributed by atoms with Crippen molar-refractivity contribution in [2.75, 3.05) is 12.4 Å². The molecule has 2 aromatic heterocycles. The number of ether oxygens (including phenoxy) is 1. The number of carbonyl (C=O) groups is 1. The third-order valence-corrected chi connectivity index (χ3v) is 5.26. The minimum absolute atomic E-state index is 0.155. The van der Waals surface area contributed by atoms with Gasteiger partial charge in [0, 0.05) is 5.56 Å². The Hall–Kier alpha value is -3.52. The highest BCUT2D eigenvalue weighted by atomic mass is 32.1. The van der Waals surface area contributed by atoms with Gasteiger partial charge in [-0.2, -0.15) is 4.37 Å². The zero-order valence-corrected chi connectivity index (χ0v) is 16.7. The first-order valence-electron chi connectivity index (χ1n) is 8.91. The van der Waals surface area contributed by atoms with E-state index >= 15 is 0 Å². The number of nitrogens with one attached hydrogen (secondary N) is 1. The van der Waals surface area contributed by atoms with Crippen LogP contribution >= 0.6 is 11.5 Å². The Labute approximate surface area is 170 Å². The molecule has 0 aliphatic heterocycles. The topological polar surface area (TPSA) is 86.1 Å². The maximum Gasteiger partial charge on any atom is 0.273 e. The van der Waals surface area contributed by atoms with Crippen LogP contribution < -0.4 is 15.6 Å². The number of aryl methyl sites for hydroxylation is 1. The van der Waals surface area contributed by atoms with E-state index in [2.05, 4.69) is 14.7 Å². The predicted molar refractivity (Wildman–Crippen MR) is 113 cm³/mol. The largest absolute Gasteiger partial charge is 0.495 e. The minimum atomic E-state index is -0.346. The zero-order chi connectivity index (χ0) is 20.4. The molecule has 0 fully saturated rings. The molecule has 0 saturated carbocycles. The van der Waals surface area contributed by atoms with E-state index in [-0.39, 0.29) is 18.0 Å². The summed E-state index contributed by atoms with van der Waals surface area (Å²) in [6.45, 7) is 1.84. The standard InChI is InChI=1S/C21H18N4O3S/c1-13-6-5-7-14(10-13)18-19-20(29-24-18)21(27)25(12-22-19)11-17(26)23-15-8-3-4-9-16(15)28-2/h3-10,12H,11H2,1-2H3,(H,23,26). The van der Waals surface area contributed by atoms with Gasteiger partial charge in [0.05, 0.1) is 19.1 Å². The Kier molecular flexibility index (Phi) is 5.09. The van der Waals surface area contributed by atoms with E-state index in [4.69, 9.17) is 4.74 Å². The quantitative estimate of drug-likeness (QED) is 0.548. The smallest absolute Gasteiger partial charge is 0.273 e. The van der Waals surface area contributed by atoms with Gasteiger partial charge in [0.1, 0.15) is 28.2 Å². The molecular formula is C21H18N4O3S. The summed E-state index contributed by atoms with van der Waals surface area (Å²) in [5, 5.41) is 2.76. The summed E-state index contributed by atoms with van der Waals surface area (Å²) < 4.78 is 11.4. The number of hydrogen-bond donors (Lipinski definition) is 1. The molecular weight excluding hydrogens is 388 g/mol. The lowest BCUT2D eigenvalue weighted by Gasteiger charge is -2.10. The van der Waals surface area contributed by atoms with E-state index in [1.54, 1.807) is 18.2 Å². The summed E-state index contributed by atoms with van der Waals surface area (Å²) in [5.41, 5.74) is 3.49. The number of anilines is 1. The van der Waals surface area contributed by atoms with Crippen molar-refractivity contribution >= 4 is 33.3 Å². The number of benzene rings is 2. The van der Waals surface area contributed by atoms with Gasteiger partial charge in [-0.15, -0.1) is 0 Å². The average Bonchev–Trinajstić information content (AvgIpc) is 3.15. The first-order chi connectivity index (χ1) is 14.1. The maximum absolute atomic E-state index is 12.8. The molecule has 29 heavy (non-hydrogen) atoms. The Balaban J connectivity index is 1.62. The van der Waals surface area contributed by atoms with Crippen LogP contribution in [-0.4, -0.2) is 26.9 Å². The van der Waals surface area contributed by atoms with Crippen LogP contribution in [0.4, 0.5) is 5.69 Å². The molecule has 0 radical (unpaired) electrons. The summed E-state index contributed by atoms with van der Waals surface area (Å²) in [6.07, 6.45) is 1.39. The molecule has 4 rings (SSSR count). The number of amides is 1. The molecule has 0 aliphatic rings. The van der Waals surface area contributed by atoms with Crippen LogP contribution in [0.1, 0.15) is 5.56 Å². The molecule has 4 aromatic rings. The van der Waals surface area contributed by atoms with Crippen molar-refractivity contribution in [3.05, 3.63) is 70.8 Å². The lowest BCUT2D eigenvalue weighted by atomic mass is 10.1. The molecule has 2 aromatic carbocycles. The molecule has 1 N–H and O–H groups in total. The number of fused-ring (bicyclic) bond motifs is 1. The normalized spacial score (nSPS) is 10.8. The van der Waals surface area contributed by atoms with Gasteiger partial charge in [-0.05, 0) is 36.7 Å². The zero-order valence-electron chi connectivity index (χ0n) is 15.9. The Morgan fingerprint density at radius 3 is 2.83 bits per heavy atom. The van der Waals surface area contributed by atoms with Gasteiger partial charge in [0.25, 0.3) is 5.56 Å². The first kappa shape index (κ1) is 18.8. The summed E-state index contributed by atoms with van der Waals surface area (Å²) >= 11 is 1.10. The van der Waals surface area contributed by atoms with Crippen molar-refractivity contribution in [1.82, 2.24) is 13.9 Å². The number of para-hydroxylation sites is 2. The van der Waals surface area contributed by atoms with Gasteiger partial charge in [0.15, 0.2) is 0 Å². The second-order valence-corrected chi connectivity index (χ2v) is 7.28. The Bertz CT molecular complexity index is 1260. The highest BCUT2D eigenvalue weighted by Crippen LogP contribution is 2.28. The van der Waals surface area contributed by atoms with Crippen LogP contribution in [0.5, 0.6) is 5.75 Å². The molecule has 0 atom stereocenters. The fraction of sp³-hybridized carbons (Fsp3) is 0.143. The number of methoxy groups -OCH3 is 1. The molecule has 0 spiro atoms. The van der Waals surface area contributed by atoms with E-state index in [0.717, 1.165) is 22.7 Å². The summed E-state index contributed by atoms with van der Waals surface area (Å²) in [7, 11) is 1.53. The average molecular weight is 406 g/mol. The fourth-order valence-electron chi connectivity index (χ4n) is 3.04. The summed E-state index contributed by atoms with van der Waals surface area (Å²) in [5.74, 6) is 0.202. The van der Waals surface area contributed by atoms with Gasteiger partial charge in [-0.3, -0.25) is 14.2 Å². The second-order valence-electron chi connectivity index (χ2n) is 6.50. The molecule has 0 bridgehead atoms. The number of carbonyl (C=O) groups excluding carboxylic acids is 1. The second kappa shape index (κ2) is 7.84. The van der Waals surface area contributed by atoms with Crippen molar-refractivity contribution < 1.29 is 9.53 Å². The van der Waals surface area contributed by atoms with Gasteiger partial charge in [-0.1, -0.05) is 35.9 Å². The van der Waals surface area contributed by atoms with Crippen molar-refractivity contribution in [2.45, 2.75) is 13.5 Å². The lowest BCUT2D eigenvalue weighted by molar-refractivity contribution is -0.116. The van der Waals surface area contributed by atoms with Crippen LogP contribution in [-0.2, 0) is 11.3 Å². The number of aromatic nitrogens is 3. The van der Waals surface area contributed by atoms with Crippen LogP contribution in [0.2, 0.25) is 0 Å². The molecule has 8 heteroatoms. The highest BCUT2D eigenvalue weighted by molar-refractivity contribution is 7.13. The maximum atomic E-state index is 12.8. The number of rotatable bonds is 5. The third-order valence-electron chi connectivity index (χ3n) is 4.44. The SMILES string of the molecule is COc1ccccc1NC(=O)Cn1cnc2c(-c3cccc(C)c3)nsc2c1=O. The summed E-state index contributed by atoms with van der Waals surface area (Å²) in [4.78, 5) is 29.7. The molecule has 146 valence electrons. The van der Waals surface area contributed by atoms with Crippen LogP contribution in [0, 0.1) is 6.92 Å². The van der Waals surface area contributed by atoms with Gasteiger partial charge < -0.3 is 10.1 Å². The highest BCUT2D eigenvalue weighted by Gasteiger charge is 2.16. The van der Waals surface area contributed by atoms with Gasteiger partial charge >= 0.3 is 0 Å². The lowest BCUT2D eigenvalue weighted by Crippen LogP contribution is -2.27. The predicted octanol–water partition coefficient (Wildman–Crippen LogP) is 3.48. The van der Waals surface area contributed by atoms with Crippen molar-refractivity contribution in [2.24, 2.45) is 0 Å². The van der Waals surface area contributed by atoms with Gasteiger partial charge in [-0.25, -0.2) is 4.98 Å². The number of hydrogen-bond acceptors (Lipinski definition) is 6.